The number of rotatable bonds is 10. The summed E-state index contributed by atoms with van der Waals surface area (Å²) < 4.78 is 29.1. The van der Waals surface area contributed by atoms with Gasteiger partial charge in [-0.3, -0.25) is 9.69 Å². The summed E-state index contributed by atoms with van der Waals surface area (Å²) in [6, 6.07) is 27.7. The number of nitrogens with one attached hydrogen (secondary N) is 2. The van der Waals surface area contributed by atoms with E-state index in [4.69, 9.17) is 11.6 Å². The standard InChI is InChI=1S/C35H38ClN3O4S/c1-5-6-22-37-34(41)39(30-11-9-10-29(36)23-30)24-25-14-16-26(17-15-25)31-12-7-8-13-32(31)44(42,43)38-33(40)27-18-20-28(21-19-27)35(2,3)4/h7-21,23H,5-6,22,24H2,1-4H3,(H,37,41)(H,38,40). The van der Waals surface area contributed by atoms with Gasteiger partial charge < -0.3 is 5.32 Å². The lowest BCUT2D eigenvalue weighted by molar-refractivity contribution is 0.0981. The SMILES string of the molecule is CCCCNC(=O)N(Cc1ccc(-c2ccccc2S(=O)(=O)NC(=O)c2ccc(C(C)(C)C)cc2)cc1)c1cccc(Cl)c1. The van der Waals surface area contributed by atoms with Gasteiger partial charge in [-0.1, -0.05) is 106 Å². The fraction of sp³-hybridized carbons (Fsp3) is 0.257. The molecule has 0 spiro atoms. The van der Waals surface area contributed by atoms with Crippen LogP contribution in [0.5, 0.6) is 0 Å². The van der Waals surface area contributed by atoms with Crippen LogP contribution >= 0.6 is 11.6 Å². The lowest BCUT2D eigenvalue weighted by Crippen LogP contribution is -2.40. The van der Waals surface area contributed by atoms with E-state index in [0.717, 1.165) is 24.0 Å². The molecule has 0 saturated heterocycles. The number of carbonyl (C=O) groups excluding carboxylic acids is 2. The maximum atomic E-state index is 13.4. The minimum absolute atomic E-state index is 0.0109. The Kier molecular flexibility index (Phi) is 10.5. The summed E-state index contributed by atoms with van der Waals surface area (Å²) in [7, 11) is -4.19. The van der Waals surface area contributed by atoms with Gasteiger partial charge in [0.15, 0.2) is 0 Å². The number of urea groups is 1. The summed E-state index contributed by atoms with van der Waals surface area (Å²) in [6.07, 6.45) is 1.83. The van der Waals surface area contributed by atoms with Crippen molar-refractivity contribution in [1.29, 1.82) is 0 Å². The second kappa shape index (κ2) is 14.1. The molecular formula is C35H38ClN3O4S. The van der Waals surface area contributed by atoms with Crippen molar-refractivity contribution < 1.29 is 18.0 Å². The van der Waals surface area contributed by atoms with Crippen molar-refractivity contribution in [2.45, 2.75) is 57.4 Å². The zero-order valence-corrected chi connectivity index (χ0v) is 27.0. The molecule has 0 radical (unpaired) electrons. The first-order chi connectivity index (χ1) is 20.9. The van der Waals surface area contributed by atoms with E-state index >= 15 is 0 Å². The van der Waals surface area contributed by atoms with Crippen molar-refractivity contribution in [3.63, 3.8) is 0 Å². The Morgan fingerprint density at radius 1 is 0.864 bits per heavy atom. The van der Waals surface area contributed by atoms with E-state index in [9.17, 15) is 18.0 Å². The smallest absolute Gasteiger partial charge is 0.322 e. The van der Waals surface area contributed by atoms with Gasteiger partial charge >= 0.3 is 6.03 Å². The maximum Gasteiger partial charge on any atom is 0.322 e. The minimum Gasteiger partial charge on any atom is -0.338 e. The van der Waals surface area contributed by atoms with Gasteiger partial charge in [-0.15, -0.1) is 0 Å². The van der Waals surface area contributed by atoms with Crippen LogP contribution in [0.15, 0.2) is 102 Å². The van der Waals surface area contributed by atoms with Crippen molar-refractivity contribution in [2.24, 2.45) is 0 Å². The van der Waals surface area contributed by atoms with Gasteiger partial charge in [0.2, 0.25) is 0 Å². The molecule has 2 N–H and O–H groups in total. The van der Waals surface area contributed by atoms with Crippen LogP contribution < -0.4 is 14.9 Å². The van der Waals surface area contributed by atoms with Crippen LogP contribution in [0.4, 0.5) is 10.5 Å². The molecular weight excluding hydrogens is 594 g/mol. The molecule has 4 aromatic carbocycles. The Morgan fingerprint density at radius 2 is 1.55 bits per heavy atom. The number of carbonyl (C=O) groups is 2. The first kappa shape index (κ1) is 32.8. The zero-order valence-electron chi connectivity index (χ0n) is 25.4. The number of unbranched alkanes of at least 4 members (excludes halogenated alkanes) is 1. The molecule has 0 unspecified atom stereocenters. The third-order valence-electron chi connectivity index (χ3n) is 7.19. The molecule has 230 valence electrons. The summed E-state index contributed by atoms with van der Waals surface area (Å²) in [5.74, 6) is -0.700. The van der Waals surface area contributed by atoms with Crippen molar-refractivity contribution in [3.05, 3.63) is 119 Å². The van der Waals surface area contributed by atoms with Crippen LogP contribution in [-0.2, 0) is 22.0 Å². The molecule has 3 amide bonds. The summed E-state index contributed by atoms with van der Waals surface area (Å²) >= 11 is 6.22. The molecule has 7 nitrogen and oxygen atoms in total. The molecule has 0 bridgehead atoms. The minimum atomic E-state index is -4.19. The first-order valence-electron chi connectivity index (χ1n) is 14.6. The van der Waals surface area contributed by atoms with Gasteiger partial charge in [-0.2, -0.15) is 0 Å². The molecule has 0 fully saturated rings. The van der Waals surface area contributed by atoms with E-state index in [1.807, 2.05) is 42.5 Å². The summed E-state index contributed by atoms with van der Waals surface area (Å²) in [5.41, 5.74) is 3.81. The topological polar surface area (TPSA) is 95.6 Å². The molecule has 0 heterocycles. The molecule has 4 aromatic rings. The molecule has 0 aliphatic carbocycles. The average molecular weight is 632 g/mol. The Balaban J connectivity index is 1.56. The molecule has 0 saturated carbocycles. The van der Waals surface area contributed by atoms with Crippen molar-refractivity contribution in [2.75, 3.05) is 11.4 Å². The number of benzene rings is 4. The fourth-order valence-corrected chi connectivity index (χ4v) is 6.05. The van der Waals surface area contributed by atoms with E-state index in [1.54, 1.807) is 53.4 Å². The van der Waals surface area contributed by atoms with Gasteiger partial charge in [0.1, 0.15) is 0 Å². The third-order valence-corrected chi connectivity index (χ3v) is 8.82. The maximum absolute atomic E-state index is 13.4. The number of halogens is 1. The van der Waals surface area contributed by atoms with E-state index < -0.39 is 15.9 Å². The quantitative estimate of drug-likeness (QED) is 0.174. The Morgan fingerprint density at radius 3 is 2.18 bits per heavy atom. The van der Waals surface area contributed by atoms with Crippen molar-refractivity contribution >= 4 is 39.2 Å². The van der Waals surface area contributed by atoms with Gasteiger partial charge in [0.05, 0.1) is 11.4 Å². The molecule has 0 aromatic heterocycles. The lowest BCUT2D eigenvalue weighted by atomic mass is 9.87. The molecule has 0 atom stereocenters. The van der Waals surface area contributed by atoms with Crippen molar-refractivity contribution in [3.8, 4) is 11.1 Å². The number of hydrogen-bond acceptors (Lipinski definition) is 4. The number of amides is 3. The normalized spacial score (nSPS) is 11.6. The van der Waals surface area contributed by atoms with Crippen LogP contribution in [-0.4, -0.2) is 26.9 Å². The van der Waals surface area contributed by atoms with Gasteiger partial charge in [-0.25, -0.2) is 17.9 Å². The summed E-state index contributed by atoms with van der Waals surface area (Å²) in [6.45, 7) is 9.10. The van der Waals surface area contributed by atoms with Gasteiger partial charge in [-0.05, 0) is 64.9 Å². The van der Waals surface area contributed by atoms with Crippen LogP contribution in [0, 0.1) is 0 Å². The highest BCUT2D eigenvalue weighted by Crippen LogP contribution is 2.29. The summed E-state index contributed by atoms with van der Waals surface area (Å²) in [5, 5.41) is 3.49. The molecule has 0 aliphatic heterocycles. The number of nitrogens with zero attached hydrogens (tertiary/aromatic N) is 1. The largest absolute Gasteiger partial charge is 0.338 e. The number of sulfonamides is 1. The first-order valence-corrected chi connectivity index (χ1v) is 16.4. The summed E-state index contributed by atoms with van der Waals surface area (Å²) in [4.78, 5) is 27.6. The molecule has 0 aliphatic rings. The van der Waals surface area contributed by atoms with Crippen LogP contribution in [0.3, 0.4) is 0 Å². The predicted octanol–water partition coefficient (Wildman–Crippen LogP) is 7.94. The fourth-order valence-electron chi connectivity index (χ4n) is 4.66. The van der Waals surface area contributed by atoms with E-state index in [-0.39, 0.29) is 28.4 Å². The predicted molar refractivity (Wildman–Crippen MR) is 178 cm³/mol. The van der Waals surface area contributed by atoms with E-state index in [0.29, 0.717) is 28.4 Å². The van der Waals surface area contributed by atoms with Crippen LogP contribution in [0.25, 0.3) is 11.1 Å². The van der Waals surface area contributed by atoms with E-state index in [2.05, 4.69) is 37.7 Å². The highest BCUT2D eigenvalue weighted by Gasteiger charge is 2.23. The number of hydrogen-bond donors (Lipinski definition) is 2. The van der Waals surface area contributed by atoms with Crippen LogP contribution in [0.2, 0.25) is 5.02 Å². The molecule has 9 heteroatoms. The Labute approximate surface area is 265 Å². The zero-order chi connectivity index (χ0) is 31.9. The van der Waals surface area contributed by atoms with Gasteiger partial charge in [0.25, 0.3) is 15.9 Å². The third kappa shape index (κ3) is 8.27. The highest BCUT2D eigenvalue weighted by molar-refractivity contribution is 7.90. The van der Waals surface area contributed by atoms with Gasteiger partial charge in [0, 0.05) is 28.4 Å². The second-order valence-electron chi connectivity index (χ2n) is 11.6. The Bertz CT molecular complexity index is 1710. The lowest BCUT2D eigenvalue weighted by Gasteiger charge is -2.24. The molecule has 44 heavy (non-hydrogen) atoms. The average Bonchev–Trinajstić information content (AvgIpc) is 2.99. The van der Waals surface area contributed by atoms with E-state index in [1.165, 1.54) is 6.07 Å². The second-order valence-corrected chi connectivity index (χ2v) is 13.7. The van der Waals surface area contributed by atoms with Crippen LogP contribution in [0.1, 0.15) is 62.0 Å². The Hall–Kier alpha value is -4.14. The highest BCUT2D eigenvalue weighted by atomic mass is 35.5. The molecule has 4 rings (SSSR count). The monoisotopic (exact) mass is 631 g/mol. The van der Waals surface area contributed by atoms with Crippen molar-refractivity contribution in [1.82, 2.24) is 10.0 Å². The number of anilines is 1.